The molecule has 1 fully saturated rings. The van der Waals surface area contributed by atoms with Crippen molar-refractivity contribution in [1.82, 2.24) is 24.2 Å². The highest BCUT2D eigenvalue weighted by Gasteiger charge is 2.42. The first-order valence-electron chi connectivity index (χ1n) is 12.1. The fraction of sp³-hybridized carbons (Fsp3) is 0.400. The summed E-state index contributed by atoms with van der Waals surface area (Å²) in [7, 11) is -2.55. The van der Waals surface area contributed by atoms with Gasteiger partial charge in [-0.15, -0.1) is 5.10 Å². The molecule has 4 rings (SSSR count). The highest BCUT2D eigenvalue weighted by atomic mass is 32.2. The molecule has 3 aromatic rings. The molecule has 39 heavy (non-hydrogen) atoms. The summed E-state index contributed by atoms with van der Waals surface area (Å²) in [5.74, 6) is -2.03. The van der Waals surface area contributed by atoms with E-state index in [1.807, 2.05) is 0 Å². The SMILES string of the molecule is Cc1cc(Nc2ccc(F)cc2)c(C=N)cc1[C@H]1CN(S(=O)(=O)c2cnn(C)n2)CCN1C[C@H](C)C(F)(F)F. The molecular weight excluding hydrogens is 538 g/mol. The lowest BCUT2D eigenvalue weighted by molar-refractivity contribution is -0.176. The number of nitrogens with one attached hydrogen (secondary N) is 2. The van der Waals surface area contributed by atoms with Gasteiger partial charge in [-0.1, -0.05) is 6.92 Å². The van der Waals surface area contributed by atoms with Crippen LogP contribution in [0.25, 0.3) is 0 Å². The van der Waals surface area contributed by atoms with Crippen molar-refractivity contribution in [2.45, 2.75) is 31.1 Å². The zero-order chi connectivity index (χ0) is 28.5. The lowest BCUT2D eigenvalue weighted by Crippen LogP contribution is -2.52. The maximum atomic E-state index is 13.5. The summed E-state index contributed by atoms with van der Waals surface area (Å²) in [4.78, 5) is 2.77. The van der Waals surface area contributed by atoms with E-state index < -0.39 is 34.0 Å². The predicted molar refractivity (Wildman–Crippen MR) is 138 cm³/mol. The van der Waals surface area contributed by atoms with Crippen molar-refractivity contribution < 1.29 is 26.0 Å². The first-order chi connectivity index (χ1) is 18.3. The van der Waals surface area contributed by atoms with Gasteiger partial charge in [0, 0.05) is 62.4 Å². The smallest absolute Gasteiger partial charge is 0.355 e. The van der Waals surface area contributed by atoms with Crippen LogP contribution >= 0.6 is 0 Å². The molecule has 0 unspecified atom stereocenters. The zero-order valence-corrected chi connectivity index (χ0v) is 22.4. The average molecular weight is 568 g/mol. The molecule has 1 aromatic heterocycles. The normalized spacial score (nSPS) is 18.2. The van der Waals surface area contributed by atoms with Crippen molar-refractivity contribution in [3.8, 4) is 0 Å². The molecular formula is C25H29F4N7O2S. The molecule has 2 heterocycles. The molecule has 0 bridgehead atoms. The van der Waals surface area contributed by atoms with Crippen LogP contribution in [-0.4, -0.2) is 71.2 Å². The lowest BCUT2D eigenvalue weighted by atomic mass is 9.94. The number of piperazine rings is 1. The summed E-state index contributed by atoms with van der Waals surface area (Å²) in [6.07, 6.45) is -2.17. The Bertz CT molecular complexity index is 1440. The first-order valence-corrected chi connectivity index (χ1v) is 13.6. The van der Waals surface area contributed by atoms with Crippen molar-refractivity contribution in [1.29, 1.82) is 5.41 Å². The Labute approximate surface area is 224 Å². The number of aromatic nitrogens is 3. The van der Waals surface area contributed by atoms with Crippen molar-refractivity contribution in [3.63, 3.8) is 0 Å². The van der Waals surface area contributed by atoms with E-state index in [0.29, 0.717) is 28.1 Å². The van der Waals surface area contributed by atoms with Gasteiger partial charge in [0.05, 0.1) is 12.1 Å². The summed E-state index contributed by atoms with van der Waals surface area (Å²) in [6, 6.07) is 8.39. The molecule has 0 aliphatic carbocycles. The van der Waals surface area contributed by atoms with Crippen LogP contribution < -0.4 is 5.32 Å². The number of benzene rings is 2. The zero-order valence-electron chi connectivity index (χ0n) is 21.6. The molecule has 1 aliphatic rings. The van der Waals surface area contributed by atoms with E-state index in [2.05, 4.69) is 15.5 Å². The van der Waals surface area contributed by atoms with Gasteiger partial charge < -0.3 is 10.7 Å². The molecule has 0 spiro atoms. The Morgan fingerprint density at radius 3 is 2.49 bits per heavy atom. The largest absolute Gasteiger partial charge is 0.392 e. The molecule has 2 aromatic carbocycles. The van der Waals surface area contributed by atoms with Gasteiger partial charge >= 0.3 is 6.18 Å². The maximum absolute atomic E-state index is 13.5. The van der Waals surface area contributed by atoms with E-state index in [4.69, 9.17) is 5.41 Å². The van der Waals surface area contributed by atoms with Gasteiger partial charge in [-0.2, -0.15) is 27.4 Å². The third-order valence-corrected chi connectivity index (χ3v) is 8.51. The highest BCUT2D eigenvalue weighted by Crippen LogP contribution is 2.36. The fourth-order valence-corrected chi connectivity index (χ4v) is 5.90. The van der Waals surface area contributed by atoms with E-state index in [1.54, 1.807) is 36.1 Å². The monoisotopic (exact) mass is 567 g/mol. The van der Waals surface area contributed by atoms with Gasteiger partial charge in [0.15, 0.2) is 0 Å². The minimum absolute atomic E-state index is 0.0132. The summed E-state index contributed by atoms with van der Waals surface area (Å²) < 4.78 is 81.6. The number of nitrogens with zero attached hydrogens (tertiary/aromatic N) is 5. The van der Waals surface area contributed by atoms with Crippen LogP contribution in [-0.2, 0) is 17.1 Å². The van der Waals surface area contributed by atoms with Crippen molar-refractivity contribution in [2.24, 2.45) is 13.0 Å². The Balaban J connectivity index is 1.71. The molecule has 2 N–H and O–H groups in total. The van der Waals surface area contributed by atoms with Crippen LogP contribution in [0.2, 0.25) is 0 Å². The van der Waals surface area contributed by atoms with Gasteiger partial charge in [-0.05, 0) is 54.4 Å². The average Bonchev–Trinajstić information content (AvgIpc) is 3.32. The molecule has 9 nitrogen and oxygen atoms in total. The Kier molecular flexibility index (Phi) is 8.09. The van der Waals surface area contributed by atoms with Gasteiger partial charge in [-0.25, -0.2) is 12.8 Å². The van der Waals surface area contributed by atoms with Crippen LogP contribution in [0.3, 0.4) is 0 Å². The molecule has 0 amide bonds. The third-order valence-electron chi connectivity index (χ3n) is 6.78. The second-order valence-corrected chi connectivity index (χ2v) is 11.4. The van der Waals surface area contributed by atoms with Crippen molar-refractivity contribution >= 4 is 27.6 Å². The number of hydrogen-bond acceptors (Lipinski definition) is 7. The first kappa shape index (κ1) is 28.6. The number of anilines is 2. The number of alkyl halides is 3. The lowest BCUT2D eigenvalue weighted by Gasteiger charge is -2.42. The number of hydrogen-bond donors (Lipinski definition) is 2. The predicted octanol–water partition coefficient (Wildman–Crippen LogP) is 4.25. The fourth-order valence-electron chi connectivity index (χ4n) is 4.58. The standard InChI is InChI=1S/C25H29F4N7O2S/c1-16-10-22(32-20-6-4-19(26)5-7-20)18(12-30)11-21(16)23-15-36(39(37,38)24-13-31-34(3)33-24)9-8-35(23)14-17(2)25(27,28)29/h4-7,10-13,17,23,30,32H,8-9,14-15H2,1-3H3/t17-,23+/m0/s1. The van der Waals surface area contributed by atoms with E-state index >= 15 is 0 Å². The topological polar surface area (TPSA) is 107 Å². The Morgan fingerprint density at radius 2 is 1.90 bits per heavy atom. The molecule has 14 heteroatoms. The maximum Gasteiger partial charge on any atom is 0.392 e. The molecule has 210 valence electrons. The summed E-state index contributed by atoms with van der Waals surface area (Å²) in [6.45, 7) is 2.51. The van der Waals surface area contributed by atoms with Crippen LogP contribution in [0.4, 0.5) is 28.9 Å². The quantitative estimate of drug-likeness (QED) is 0.311. The molecule has 0 radical (unpaired) electrons. The number of rotatable bonds is 8. The Hall–Kier alpha value is -3.36. The summed E-state index contributed by atoms with van der Waals surface area (Å²) in [5.41, 5.74) is 2.88. The van der Waals surface area contributed by atoms with E-state index in [1.165, 1.54) is 23.5 Å². The van der Waals surface area contributed by atoms with Crippen LogP contribution in [0.5, 0.6) is 0 Å². The Morgan fingerprint density at radius 1 is 1.21 bits per heavy atom. The van der Waals surface area contributed by atoms with Crippen molar-refractivity contribution in [3.05, 3.63) is 65.1 Å². The molecule has 1 aliphatic heterocycles. The number of halogens is 4. The van der Waals surface area contributed by atoms with Crippen LogP contribution in [0.15, 0.2) is 47.6 Å². The number of aryl methyl sites for hydroxylation is 2. The van der Waals surface area contributed by atoms with E-state index in [-0.39, 0.29) is 31.2 Å². The van der Waals surface area contributed by atoms with Gasteiger partial charge in [0.1, 0.15) is 5.82 Å². The van der Waals surface area contributed by atoms with Gasteiger partial charge in [0.25, 0.3) is 10.0 Å². The summed E-state index contributed by atoms with van der Waals surface area (Å²) >= 11 is 0. The minimum Gasteiger partial charge on any atom is -0.355 e. The molecule has 1 saturated heterocycles. The number of sulfonamides is 1. The van der Waals surface area contributed by atoms with Crippen LogP contribution in [0, 0.1) is 24.1 Å². The third kappa shape index (κ3) is 6.28. The second-order valence-electron chi connectivity index (χ2n) is 9.56. The molecule has 2 atom stereocenters. The summed E-state index contributed by atoms with van der Waals surface area (Å²) in [5, 5.41) is 18.6. The van der Waals surface area contributed by atoms with E-state index in [9.17, 15) is 26.0 Å². The molecule has 0 saturated carbocycles. The minimum atomic E-state index is -4.41. The highest BCUT2D eigenvalue weighted by molar-refractivity contribution is 7.89. The van der Waals surface area contributed by atoms with Crippen molar-refractivity contribution in [2.75, 3.05) is 31.5 Å². The second kappa shape index (κ2) is 11.0. The van der Waals surface area contributed by atoms with E-state index in [0.717, 1.165) is 24.1 Å². The van der Waals surface area contributed by atoms with Gasteiger partial charge in [-0.3, -0.25) is 4.90 Å². The van der Waals surface area contributed by atoms with Crippen LogP contribution in [0.1, 0.15) is 29.7 Å². The van der Waals surface area contributed by atoms with Gasteiger partial charge in [0.2, 0.25) is 5.03 Å².